The van der Waals surface area contributed by atoms with Crippen molar-refractivity contribution in [2.75, 3.05) is 0 Å². The van der Waals surface area contributed by atoms with Crippen LogP contribution in [0.5, 0.6) is 0 Å². The smallest absolute Gasteiger partial charge is 0.161 e. The molecule has 0 amide bonds. The Labute approximate surface area is 384 Å². The Morgan fingerprint density at radius 1 is 0.227 bits per heavy atom. The maximum atomic E-state index is 5.37. The minimum atomic E-state index is 0.727. The molecule has 0 radical (unpaired) electrons. The summed E-state index contributed by atoms with van der Waals surface area (Å²) in [5.41, 5.74) is 18.2. The highest BCUT2D eigenvalue weighted by molar-refractivity contribution is 6.13. The lowest BCUT2D eigenvalue weighted by atomic mass is 9.92. The number of hydrogen-bond acceptors (Lipinski definition) is 2. The van der Waals surface area contributed by atoms with Gasteiger partial charge in [-0.15, -0.1) is 0 Å². The van der Waals surface area contributed by atoms with E-state index in [0.29, 0.717) is 0 Å². The second kappa shape index (κ2) is 16.8. The average Bonchev–Trinajstić information content (AvgIpc) is 3.41. The number of benzene rings is 11. The number of hydrogen-bond donors (Lipinski definition) is 0. The van der Waals surface area contributed by atoms with Crippen LogP contribution in [0, 0.1) is 0 Å². The molecule has 12 aromatic rings. The van der Waals surface area contributed by atoms with E-state index < -0.39 is 0 Å². The van der Waals surface area contributed by atoms with Crippen LogP contribution in [0.15, 0.2) is 255 Å². The van der Waals surface area contributed by atoms with E-state index in [-0.39, 0.29) is 0 Å². The molecule has 0 unspecified atom stereocenters. The van der Waals surface area contributed by atoms with Crippen molar-refractivity contribution in [1.82, 2.24) is 9.97 Å². The lowest BCUT2D eigenvalue weighted by Gasteiger charge is -2.14. The van der Waals surface area contributed by atoms with Gasteiger partial charge < -0.3 is 0 Å². The van der Waals surface area contributed by atoms with Crippen molar-refractivity contribution in [1.29, 1.82) is 0 Å². The molecule has 66 heavy (non-hydrogen) atoms. The van der Waals surface area contributed by atoms with E-state index in [1.807, 2.05) is 0 Å². The summed E-state index contributed by atoms with van der Waals surface area (Å²) in [5, 5.41) is 5.70. The van der Waals surface area contributed by atoms with Gasteiger partial charge in [0.25, 0.3) is 0 Å². The van der Waals surface area contributed by atoms with Gasteiger partial charge in [0.1, 0.15) is 0 Å². The molecule has 12 rings (SSSR count). The highest BCUT2D eigenvalue weighted by Gasteiger charge is 2.17. The third kappa shape index (κ3) is 7.41. The summed E-state index contributed by atoms with van der Waals surface area (Å²) in [7, 11) is 0. The first-order valence-corrected chi connectivity index (χ1v) is 22.5. The van der Waals surface area contributed by atoms with Gasteiger partial charge >= 0.3 is 0 Å². The number of rotatable bonds is 8. The van der Waals surface area contributed by atoms with Crippen molar-refractivity contribution in [2.24, 2.45) is 0 Å². The molecule has 0 saturated carbocycles. The Morgan fingerprint density at radius 3 is 1.17 bits per heavy atom. The van der Waals surface area contributed by atoms with Crippen LogP contribution in [0.1, 0.15) is 0 Å². The fourth-order valence-electron chi connectivity index (χ4n) is 9.47. The van der Waals surface area contributed by atoms with E-state index in [9.17, 15) is 0 Å². The predicted molar refractivity (Wildman–Crippen MR) is 278 cm³/mol. The minimum absolute atomic E-state index is 0.727. The summed E-state index contributed by atoms with van der Waals surface area (Å²) < 4.78 is 0. The van der Waals surface area contributed by atoms with Crippen LogP contribution >= 0.6 is 0 Å². The molecule has 0 aliphatic carbocycles. The van der Waals surface area contributed by atoms with Gasteiger partial charge in [-0.25, -0.2) is 9.97 Å². The summed E-state index contributed by atoms with van der Waals surface area (Å²) in [6, 6.07) is 91.5. The zero-order chi connectivity index (χ0) is 43.8. The van der Waals surface area contributed by atoms with E-state index in [1.54, 1.807) is 0 Å². The lowest BCUT2D eigenvalue weighted by Crippen LogP contribution is -1.97. The molecule has 308 valence electrons. The molecule has 0 atom stereocenters. The highest BCUT2D eigenvalue weighted by atomic mass is 14.9. The Bertz CT molecular complexity index is 3660. The maximum Gasteiger partial charge on any atom is 0.161 e. The van der Waals surface area contributed by atoms with Gasteiger partial charge in [-0.2, -0.15) is 0 Å². The molecule has 0 fully saturated rings. The quantitative estimate of drug-likeness (QED) is 0.143. The third-order valence-electron chi connectivity index (χ3n) is 12.9. The molecule has 0 bridgehead atoms. The fourth-order valence-corrected chi connectivity index (χ4v) is 9.47. The summed E-state index contributed by atoms with van der Waals surface area (Å²) in [6.07, 6.45) is 0. The summed E-state index contributed by atoms with van der Waals surface area (Å²) >= 11 is 0. The van der Waals surface area contributed by atoms with Crippen molar-refractivity contribution < 1.29 is 0 Å². The zero-order valence-corrected chi connectivity index (χ0v) is 36.1. The van der Waals surface area contributed by atoms with E-state index >= 15 is 0 Å². The lowest BCUT2D eigenvalue weighted by molar-refractivity contribution is 1.24. The first-order chi connectivity index (χ1) is 32.7. The Morgan fingerprint density at radius 2 is 0.606 bits per heavy atom. The Kier molecular flexibility index (Phi) is 9.89. The van der Waals surface area contributed by atoms with Crippen LogP contribution in [0.3, 0.4) is 0 Å². The van der Waals surface area contributed by atoms with Crippen LogP contribution < -0.4 is 0 Å². The van der Waals surface area contributed by atoms with E-state index in [1.165, 1.54) is 66.4 Å². The van der Waals surface area contributed by atoms with Crippen molar-refractivity contribution in [3.63, 3.8) is 0 Å². The van der Waals surface area contributed by atoms with Gasteiger partial charge in [0.2, 0.25) is 0 Å². The van der Waals surface area contributed by atoms with Crippen LogP contribution in [0.4, 0.5) is 0 Å². The Hall–Kier alpha value is -8.72. The topological polar surface area (TPSA) is 25.8 Å². The predicted octanol–water partition coefficient (Wildman–Crippen LogP) is 17.3. The normalized spacial score (nSPS) is 11.3. The molecule has 0 spiro atoms. The molecule has 11 aromatic carbocycles. The molecule has 2 nitrogen and oxygen atoms in total. The van der Waals surface area contributed by atoms with Gasteiger partial charge in [0.05, 0.1) is 11.2 Å². The van der Waals surface area contributed by atoms with Crippen LogP contribution in [0.25, 0.3) is 122 Å². The molecule has 2 heteroatoms. The standard InChI is InChI=1S/C64H42N2/c1-3-14-43(15-4-1)55-40-56(44-16-5-2-6-17-44)42-57(41-55)47-30-28-45(29-31-47)51-21-11-23-53(38-51)54-24-12-22-52(39-54)46-32-34-50(35-33-46)63-62-59-26-10-8-19-49(59)36-37-61(62)65-64(66-63)60-27-13-20-48-18-7-9-25-58(48)60/h1-42H. The number of nitrogens with zero attached hydrogens (tertiary/aromatic N) is 2. The van der Waals surface area contributed by atoms with Gasteiger partial charge in [-0.1, -0.05) is 218 Å². The summed E-state index contributed by atoms with van der Waals surface area (Å²) in [5.74, 6) is 0.727. The second-order valence-electron chi connectivity index (χ2n) is 17.0. The molecular formula is C64H42N2. The molecule has 0 saturated heterocycles. The van der Waals surface area contributed by atoms with Gasteiger partial charge in [-0.05, 0) is 125 Å². The average molecular weight is 839 g/mol. The van der Waals surface area contributed by atoms with Crippen LogP contribution in [-0.4, -0.2) is 9.97 Å². The van der Waals surface area contributed by atoms with Crippen LogP contribution in [0.2, 0.25) is 0 Å². The van der Waals surface area contributed by atoms with Crippen molar-refractivity contribution in [3.05, 3.63) is 255 Å². The first-order valence-electron chi connectivity index (χ1n) is 22.5. The maximum absolute atomic E-state index is 5.37. The third-order valence-corrected chi connectivity index (χ3v) is 12.9. The van der Waals surface area contributed by atoms with Crippen LogP contribution in [-0.2, 0) is 0 Å². The second-order valence-corrected chi connectivity index (χ2v) is 17.0. The molecule has 1 aromatic heterocycles. The van der Waals surface area contributed by atoms with E-state index in [0.717, 1.165) is 55.4 Å². The molecular weight excluding hydrogens is 797 g/mol. The minimum Gasteiger partial charge on any atom is -0.228 e. The monoisotopic (exact) mass is 838 g/mol. The fraction of sp³-hybridized carbons (Fsp3) is 0. The van der Waals surface area contributed by atoms with Crippen molar-refractivity contribution in [3.8, 4) is 89.4 Å². The van der Waals surface area contributed by atoms with Gasteiger partial charge in [0, 0.05) is 16.5 Å². The molecule has 0 aliphatic heterocycles. The van der Waals surface area contributed by atoms with E-state index in [2.05, 4.69) is 255 Å². The SMILES string of the molecule is c1ccc(-c2cc(-c3ccccc3)cc(-c3ccc(-c4cccc(-c5cccc(-c6ccc(-c7nc(-c8cccc9ccccc89)nc8ccc9ccccc9c78)cc6)c5)c4)cc3)c2)cc1. The van der Waals surface area contributed by atoms with Crippen molar-refractivity contribution in [2.45, 2.75) is 0 Å². The molecule has 0 N–H and O–H groups in total. The largest absolute Gasteiger partial charge is 0.228 e. The highest BCUT2D eigenvalue weighted by Crippen LogP contribution is 2.38. The first kappa shape index (κ1) is 38.9. The molecule has 0 aliphatic rings. The summed E-state index contributed by atoms with van der Waals surface area (Å²) in [4.78, 5) is 10.6. The molecule has 1 heterocycles. The summed E-state index contributed by atoms with van der Waals surface area (Å²) in [6.45, 7) is 0. The van der Waals surface area contributed by atoms with E-state index in [4.69, 9.17) is 9.97 Å². The van der Waals surface area contributed by atoms with Gasteiger partial charge in [-0.3, -0.25) is 0 Å². The number of fused-ring (bicyclic) bond motifs is 4. The number of aromatic nitrogens is 2. The van der Waals surface area contributed by atoms with Gasteiger partial charge in [0.15, 0.2) is 5.82 Å². The zero-order valence-electron chi connectivity index (χ0n) is 36.1. The Balaban J connectivity index is 0.857. The van der Waals surface area contributed by atoms with Crippen molar-refractivity contribution >= 4 is 32.4 Å².